The summed E-state index contributed by atoms with van der Waals surface area (Å²) in [6, 6.07) is 1.15. The van der Waals surface area contributed by atoms with Crippen LogP contribution in [-0.2, 0) is 13.6 Å². The Labute approximate surface area is 159 Å². The van der Waals surface area contributed by atoms with Crippen LogP contribution < -0.4 is 10.6 Å². The fourth-order valence-corrected chi connectivity index (χ4v) is 2.88. The molecule has 0 spiro atoms. The van der Waals surface area contributed by atoms with Gasteiger partial charge < -0.3 is 15.2 Å². The summed E-state index contributed by atoms with van der Waals surface area (Å²) in [6.45, 7) is 16.6. The van der Waals surface area contributed by atoms with Gasteiger partial charge in [0.25, 0.3) is 0 Å². The van der Waals surface area contributed by atoms with Crippen molar-refractivity contribution in [3.63, 3.8) is 0 Å². The first-order chi connectivity index (χ1) is 12.4. The Morgan fingerprint density at radius 3 is 2.19 bits per heavy atom. The fourth-order valence-electron chi connectivity index (χ4n) is 2.88. The van der Waals surface area contributed by atoms with Gasteiger partial charge in [-0.1, -0.05) is 13.3 Å². The van der Waals surface area contributed by atoms with Crippen molar-refractivity contribution in [2.75, 3.05) is 19.6 Å². The maximum atomic E-state index is 4.68. The first kappa shape index (κ1) is 22.4. The largest absolute Gasteiger partial charge is 0.356 e. The maximum absolute atomic E-state index is 4.68. The molecule has 0 atom stereocenters. The molecular formula is C19H39N7. The van der Waals surface area contributed by atoms with Gasteiger partial charge in [-0.25, -0.2) is 4.99 Å². The second-order valence-electron chi connectivity index (χ2n) is 7.37. The molecule has 0 aliphatic carbocycles. The number of nitrogens with one attached hydrogen (secondary N) is 2. The third kappa shape index (κ3) is 7.72. The second-order valence-corrected chi connectivity index (χ2v) is 7.37. The predicted octanol–water partition coefficient (Wildman–Crippen LogP) is 2.47. The summed E-state index contributed by atoms with van der Waals surface area (Å²) >= 11 is 0. The molecule has 26 heavy (non-hydrogen) atoms. The highest BCUT2D eigenvalue weighted by Gasteiger charge is 2.12. The normalized spacial score (nSPS) is 12.5. The average Bonchev–Trinajstić information content (AvgIpc) is 2.90. The summed E-state index contributed by atoms with van der Waals surface area (Å²) in [7, 11) is 1.98. The van der Waals surface area contributed by atoms with Crippen LogP contribution in [0, 0.1) is 6.92 Å². The van der Waals surface area contributed by atoms with Crippen LogP contribution in [0.15, 0.2) is 4.99 Å². The Balaban J connectivity index is 2.54. The number of nitrogens with zero attached hydrogens (tertiary/aromatic N) is 5. The van der Waals surface area contributed by atoms with E-state index in [1.54, 1.807) is 0 Å². The van der Waals surface area contributed by atoms with Gasteiger partial charge in [-0.2, -0.15) is 0 Å². The Morgan fingerprint density at radius 1 is 1.08 bits per heavy atom. The molecule has 0 aliphatic heterocycles. The molecule has 0 saturated heterocycles. The lowest BCUT2D eigenvalue weighted by Crippen LogP contribution is -2.41. The topological polar surface area (TPSA) is 70.4 Å². The molecule has 0 amide bonds. The molecule has 0 aromatic carbocycles. The van der Waals surface area contributed by atoms with E-state index in [9.17, 15) is 0 Å². The van der Waals surface area contributed by atoms with Crippen LogP contribution >= 0.6 is 0 Å². The van der Waals surface area contributed by atoms with Crippen LogP contribution in [0.25, 0.3) is 0 Å². The molecule has 0 bridgehead atoms. The van der Waals surface area contributed by atoms with Crippen molar-refractivity contribution in [3.05, 3.63) is 11.6 Å². The number of guanidine groups is 1. The monoisotopic (exact) mass is 365 g/mol. The van der Waals surface area contributed by atoms with E-state index in [1.165, 1.54) is 6.42 Å². The number of aliphatic imine (C=N–C) groups is 1. The minimum atomic E-state index is 0.531. The maximum Gasteiger partial charge on any atom is 0.191 e. The molecule has 1 aromatic heterocycles. The lowest BCUT2D eigenvalue weighted by Gasteiger charge is -2.30. The van der Waals surface area contributed by atoms with Gasteiger partial charge in [-0.15, -0.1) is 10.2 Å². The molecule has 7 heteroatoms. The van der Waals surface area contributed by atoms with E-state index in [4.69, 9.17) is 0 Å². The quantitative estimate of drug-likeness (QED) is 0.358. The molecule has 1 aromatic rings. The third-order valence-corrected chi connectivity index (χ3v) is 4.60. The summed E-state index contributed by atoms with van der Waals surface area (Å²) in [5, 5.41) is 15.2. The first-order valence-corrected chi connectivity index (χ1v) is 9.99. The van der Waals surface area contributed by atoms with Crippen molar-refractivity contribution in [2.24, 2.45) is 12.0 Å². The molecule has 2 N–H and O–H groups in total. The summed E-state index contributed by atoms with van der Waals surface area (Å²) in [4.78, 5) is 7.20. The number of hydrogen-bond acceptors (Lipinski definition) is 4. The highest BCUT2D eigenvalue weighted by Crippen LogP contribution is 2.05. The first-order valence-electron chi connectivity index (χ1n) is 9.99. The van der Waals surface area contributed by atoms with Crippen LogP contribution in [0.3, 0.4) is 0 Å². The van der Waals surface area contributed by atoms with Crippen molar-refractivity contribution in [1.82, 2.24) is 30.3 Å². The molecule has 7 nitrogen and oxygen atoms in total. The molecule has 0 radical (unpaired) electrons. The van der Waals surface area contributed by atoms with Crippen LogP contribution in [0.5, 0.6) is 0 Å². The molecule has 0 fully saturated rings. The number of aromatic nitrogens is 3. The van der Waals surface area contributed by atoms with Crippen LogP contribution in [0.1, 0.15) is 65.5 Å². The predicted molar refractivity (Wildman–Crippen MR) is 109 cm³/mol. The highest BCUT2D eigenvalue weighted by atomic mass is 15.3. The Hall–Kier alpha value is -1.63. The summed E-state index contributed by atoms with van der Waals surface area (Å²) in [6.07, 6.45) is 3.40. The van der Waals surface area contributed by atoms with Crippen LogP contribution in [-0.4, -0.2) is 57.3 Å². The number of rotatable bonds is 11. The lowest BCUT2D eigenvalue weighted by molar-refractivity contribution is 0.173. The van der Waals surface area contributed by atoms with E-state index in [1.807, 2.05) is 18.5 Å². The van der Waals surface area contributed by atoms with Crippen LogP contribution in [0.4, 0.5) is 0 Å². The Bertz CT molecular complexity index is 526. The lowest BCUT2D eigenvalue weighted by atomic mass is 10.2. The van der Waals surface area contributed by atoms with E-state index in [-0.39, 0.29) is 0 Å². The van der Waals surface area contributed by atoms with E-state index < -0.39 is 0 Å². The summed E-state index contributed by atoms with van der Waals surface area (Å²) < 4.78 is 1.98. The second kappa shape index (κ2) is 11.9. The minimum Gasteiger partial charge on any atom is -0.356 e. The molecule has 0 saturated carbocycles. The fraction of sp³-hybridized carbons (Fsp3) is 0.842. The molecule has 0 unspecified atom stereocenters. The van der Waals surface area contributed by atoms with Crippen LogP contribution in [0.2, 0.25) is 0 Å². The van der Waals surface area contributed by atoms with Gasteiger partial charge in [0, 0.05) is 38.8 Å². The highest BCUT2D eigenvalue weighted by molar-refractivity contribution is 5.79. The van der Waals surface area contributed by atoms with Gasteiger partial charge in [0.2, 0.25) is 0 Å². The number of aryl methyl sites for hydroxylation is 1. The van der Waals surface area contributed by atoms with Crippen molar-refractivity contribution >= 4 is 5.96 Å². The third-order valence-electron chi connectivity index (χ3n) is 4.60. The summed E-state index contributed by atoms with van der Waals surface area (Å²) in [5.41, 5.74) is 0. The molecule has 1 heterocycles. The molecule has 1 rings (SSSR count). The number of hydrogen-bond donors (Lipinski definition) is 2. The van der Waals surface area contributed by atoms with Gasteiger partial charge in [-0.05, 0) is 47.5 Å². The molecule has 150 valence electrons. The van der Waals surface area contributed by atoms with Gasteiger partial charge in [0.15, 0.2) is 11.8 Å². The molecule has 0 aliphatic rings. The van der Waals surface area contributed by atoms with Gasteiger partial charge in [0.05, 0.1) is 0 Å². The van der Waals surface area contributed by atoms with E-state index in [0.717, 1.165) is 50.1 Å². The zero-order chi connectivity index (χ0) is 19.5. The zero-order valence-electron chi connectivity index (χ0n) is 17.8. The van der Waals surface area contributed by atoms with Gasteiger partial charge in [-0.3, -0.25) is 4.90 Å². The van der Waals surface area contributed by atoms with Crippen molar-refractivity contribution in [3.8, 4) is 0 Å². The van der Waals surface area contributed by atoms with Crippen molar-refractivity contribution in [2.45, 2.75) is 79.4 Å². The Kier molecular flexibility index (Phi) is 10.2. The average molecular weight is 366 g/mol. The van der Waals surface area contributed by atoms with E-state index in [0.29, 0.717) is 18.6 Å². The van der Waals surface area contributed by atoms with E-state index >= 15 is 0 Å². The van der Waals surface area contributed by atoms with Gasteiger partial charge in [0.1, 0.15) is 12.4 Å². The van der Waals surface area contributed by atoms with E-state index in [2.05, 4.69) is 65.3 Å². The SMILES string of the molecule is CCCCNC(=NCc1nnc(C)n1C)NCCCN(C(C)C)C(C)C. The standard InChI is InChI=1S/C19H39N7/c1-8-9-11-20-19(22-14-18-24-23-17(6)25(18)7)21-12-10-13-26(15(2)3)16(4)5/h15-16H,8-14H2,1-7H3,(H2,20,21,22). The zero-order valence-corrected chi connectivity index (χ0v) is 17.8. The summed E-state index contributed by atoms with van der Waals surface area (Å²) in [5.74, 6) is 2.65. The van der Waals surface area contributed by atoms with Gasteiger partial charge >= 0.3 is 0 Å². The smallest absolute Gasteiger partial charge is 0.191 e. The minimum absolute atomic E-state index is 0.531. The number of unbranched alkanes of at least 4 members (excludes halogenated alkanes) is 1. The molecular weight excluding hydrogens is 326 g/mol. The Morgan fingerprint density at radius 2 is 1.69 bits per heavy atom. The van der Waals surface area contributed by atoms with Crippen molar-refractivity contribution in [1.29, 1.82) is 0 Å². The van der Waals surface area contributed by atoms with Crippen molar-refractivity contribution < 1.29 is 0 Å².